The van der Waals surface area contributed by atoms with Crippen LogP contribution in [-0.2, 0) is 4.79 Å². The van der Waals surface area contributed by atoms with Gasteiger partial charge in [-0.25, -0.2) is 0 Å². The van der Waals surface area contributed by atoms with Crippen LogP contribution in [0.25, 0.3) is 0 Å². The Hall–Kier alpha value is -1.64. The molecule has 1 N–H and O–H groups in total. The first-order chi connectivity index (χ1) is 8.20. The van der Waals surface area contributed by atoms with Gasteiger partial charge >= 0.3 is 0 Å². The molecule has 0 saturated carbocycles. The lowest BCUT2D eigenvalue weighted by Crippen LogP contribution is -2.23. The van der Waals surface area contributed by atoms with Gasteiger partial charge in [-0.15, -0.1) is 0 Å². The molecule has 0 radical (unpaired) electrons. The Morgan fingerprint density at radius 3 is 2.47 bits per heavy atom. The fourth-order valence-corrected chi connectivity index (χ4v) is 1.88. The molecule has 0 heterocycles. The fraction of sp³-hybridized carbons (Fsp3) is 0.429. The molecule has 0 amide bonds. The average Bonchev–Trinajstić information content (AvgIpc) is 2.35. The molecule has 1 unspecified atom stereocenters. The zero-order valence-corrected chi connectivity index (χ0v) is 10.4. The number of nitrogens with zero attached hydrogens (tertiary/aromatic N) is 1. The summed E-state index contributed by atoms with van der Waals surface area (Å²) in [4.78, 5) is 11.6. The van der Waals surface area contributed by atoms with Crippen LogP contribution >= 0.6 is 0 Å². The lowest BCUT2D eigenvalue weighted by Gasteiger charge is -2.15. The summed E-state index contributed by atoms with van der Waals surface area (Å²) >= 11 is 0. The van der Waals surface area contributed by atoms with Gasteiger partial charge in [0.25, 0.3) is 0 Å². The summed E-state index contributed by atoms with van der Waals surface area (Å²) in [6.45, 7) is 3.63. The molecular formula is C14H19NO2. The second-order valence-electron chi connectivity index (χ2n) is 4.16. The number of benzene rings is 1. The van der Waals surface area contributed by atoms with Crippen LogP contribution in [0.4, 0.5) is 0 Å². The Morgan fingerprint density at radius 1 is 1.35 bits per heavy atom. The molecule has 1 rings (SSSR count). The molecule has 3 nitrogen and oxygen atoms in total. The van der Waals surface area contributed by atoms with Gasteiger partial charge in [-0.1, -0.05) is 55.3 Å². The molecule has 3 heteroatoms. The topological polar surface area (TPSA) is 49.7 Å². The molecule has 0 spiro atoms. The van der Waals surface area contributed by atoms with Crippen LogP contribution in [0.3, 0.4) is 0 Å². The summed E-state index contributed by atoms with van der Waals surface area (Å²) in [5.74, 6) is -0.252. The van der Waals surface area contributed by atoms with Crippen LogP contribution in [0.5, 0.6) is 0 Å². The quantitative estimate of drug-likeness (QED) is 0.466. The molecular weight excluding hydrogens is 214 g/mol. The molecule has 92 valence electrons. The van der Waals surface area contributed by atoms with E-state index in [2.05, 4.69) is 12.1 Å². The predicted octanol–water partition coefficient (Wildman–Crippen LogP) is 3.26. The highest BCUT2D eigenvalue weighted by Gasteiger charge is 2.22. The summed E-state index contributed by atoms with van der Waals surface area (Å²) in [5.41, 5.74) is 1.29. The maximum atomic E-state index is 11.6. The molecule has 0 aliphatic rings. The van der Waals surface area contributed by atoms with Gasteiger partial charge in [-0.2, -0.15) is 0 Å². The minimum absolute atomic E-state index is 0.0510. The summed E-state index contributed by atoms with van der Waals surface area (Å²) in [5, 5.41) is 12.5. The first-order valence-corrected chi connectivity index (χ1v) is 5.98. The van der Waals surface area contributed by atoms with Crippen molar-refractivity contribution in [2.75, 3.05) is 0 Å². The van der Waals surface area contributed by atoms with Crippen molar-refractivity contribution >= 4 is 11.5 Å². The Labute approximate surface area is 102 Å². The van der Waals surface area contributed by atoms with Gasteiger partial charge in [0.05, 0.1) is 11.6 Å². The Kier molecular flexibility index (Phi) is 5.40. The molecule has 1 aromatic rings. The van der Waals surface area contributed by atoms with Gasteiger partial charge in [0, 0.05) is 5.56 Å². The summed E-state index contributed by atoms with van der Waals surface area (Å²) in [6.07, 6.45) is 2.72. The predicted molar refractivity (Wildman–Crippen MR) is 68.5 cm³/mol. The molecule has 0 aliphatic heterocycles. The van der Waals surface area contributed by atoms with E-state index in [1.54, 1.807) is 6.92 Å². The van der Waals surface area contributed by atoms with E-state index < -0.39 is 0 Å². The first-order valence-electron chi connectivity index (χ1n) is 5.98. The van der Waals surface area contributed by atoms with E-state index in [0.29, 0.717) is 5.71 Å². The van der Waals surface area contributed by atoms with E-state index in [0.717, 1.165) is 24.8 Å². The number of carbonyl (C=O) groups excluding carboxylic acids is 1. The van der Waals surface area contributed by atoms with Crippen molar-refractivity contribution in [2.45, 2.75) is 33.1 Å². The monoisotopic (exact) mass is 233 g/mol. The lowest BCUT2D eigenvalue weighted by atomic mass is 9.89. The van der Waals surface area contributed by atoms with Gasteiger partial charge in [0.15, 0.2) is 0 Å². The summed E-state index contributed by atoms with van der Waals surface area (Å²) < 4.78 is 0. The Balaban J connectivity index is 2.95. The molecule has 0 aromatic heterocycles. The number of oxime groups is 1. The smallest absolute Gasteiger partial charge is 0.139 e. The van der Waals surface area contributed by atoms with Crippen molar-refractivity contribution in [1.82, 2.24) is 0 Å². The SMILES string of the molecule is CCCCC(C(C)=O)C(=NO)c1ccccc1. The number of Topliss-reactive ketones (excluding diaryl/α,β-unsaturated/α-hetero) is 1. The largest absolute Gasteiger partial charge is 0.411 e. The van der Waals surface area contributed by atoms with E-state index in [1.165, 1.54) is 0 Å². The molecule has 0 aliphatic carbocycles. The molecule has 17 heavy (non-hydrogen) atoms. The molecule has 1 atom stereocenters. The summed E-state index contributed by atoms with van der Waals surface area (Å²) in [6, 6.07) is 9.36. The van der Waals surface area contributed by atoms with Gasteiger partial charge in [0.2, 0.25) is 0 Å². The highest BCUT2D eigenvalue weighted by Crippen LogP contribution is 2.17. The standard InChI is InChI=1S/C14H19NO2/c1-3-4-10-13(11(2)16)14(15-17)12-8-6-5-7-9-12/h5-9,13,17H,3-4,10H2,1-2H3. The fourth-order valence-electron chi connectivity index (χ4n) is 1.88. The number of rotatable bonds is 6. The normalized spacial score (nSPS) is 13.4. The van der Waals surface area contributed by atoms with Crippen LogP contribution in [-0.4, -0.2) is 16.7 Å². The van der Waals surface area contributed by atoms with E-state index >= 15 is 0 Å². The van der Waals surface area contributed by atoms with Crippen LogP contribution in [0.15, 0.2) is 35.5 Å². The van der Waals surface area contributed by atoms with E-state index in [1.807, 2.05) is 30.3 Å². The Bertz CT molecular complexity index is 384. The van der Waals surface area contributed by atoms with Crippen molar-refractivity contribution in [3.63, 3.8) is 0 Å². The number of unbranched alkanes of at least 4 members (excludes halogenated alkanes) is 1. The van der Waals surface area contributed by atoms with Gasteiger partial charge in [-0.05, 0) is 13.3 Å². The molecule has 0 fully saturated rings. The minimum Gasteiger partial charge on any atom is -0.411 e. The second-order valence-corrected chi connectivity index (χ2v) is 4.16. The van der Waals surface area contributed by atoms with E-state index in [-0.39, 0.29) is 11.7 Å². The zero-order valence-electron chi connectivity index (χ0n) is 10.4. The third-order valence-electron chi connectivity index (χ3n) is 2.84. The highest BCUT2D eigenvalue weighted by molar-refractivity contribution is 6.12. The van der Waals surface area contributed by atoms with Crippen molar-refractivity contribution in [1.29, 1.82) is 0 Å². The van der Waals surface area contributed by atoms with Crippen LogP contribution in [0.1, 0.15) is 38.7 Å². The van der Waals surface area contributed by atoms with Gasteiger partial charge in [-0.3, -0.25) is 4.79 Å². The highest BCUT2D eigenvalue weighted by atomic mass is 16.4. The second kappa shape index (κ2) is 6.84. The number of carbonyl (C=O) groups is 1. The first kappa shape index (κ1) is 13.4. The zero-order chi connectivity index (χ0) is 12.7. The van der Waals surface area contributed by atoms with E-state index in [4.69, 9.17) is 5.21 Å². The van der Waals surface area contributed by atoms with Gasteiger partial charge in [0.1, 0.15) is 5.78 Å². The number of hydrogen-bond acceptors (Lipinski definition) is 3. The number of ketones is 1. The lowest BCUT2D eigenvalue weighted by molar-refractivity contribution is -0.119. The maximum absolute atomic E-state index is 11.6. The number of hydrogen-bond donors (Lipinski definition) is 1. The molecule has 0 saturated heterocycles. The van der Waals surface area contributed by atoms with Gasteiger partial charge < -0.3 is 5.21 Å². The maximum Gasteiger partial charge on any atom is 0.139 e. The van der Waals surface area contributed by atoms with Crippen molar-refractivity contribution < 1.29 is 10.0 Å². The Morgan fingerprint density at radius 2 is 2.00 bits per heavy atom. The third kappa shape index (κ3) is 3.70. The van der Waals surface area contributed by atoms with Crippen LogP contribution in [0, 0.1) is 5.92 Å². The van der Waals surface area contributed by atoms with Crippen LogP contribution < -0.4 is 0 Å². The van der Waals surface area contributed by atoms with Crippen molar-refractivity contribution in [3.05, 3.63) is 35.9 Å². The van der Waals surface area contributed by atoms with Crippen LogP contribution in [0.2, 0.25) is 0 Å². The van der Waals surface area contributed by atoms with E-state index in [9.17, 15) is 4.79 Å². The summed E-state index contributed by atoms with van der Waals surface area (Å²) in [7, 11) is 0. The third-order valence-corrected chi connectivity index (χ3v) is 2.84. The van der Waals surface area contributed by atoms with Crippen molar-refractivity contribution in [3.8, 4) is 0 Å². The molecule has 0 bridgehead atoms. The molecule has 1 aromatic carbocycles. The van der Waals surface area contributed by atoms with Crippen molar-refractivity contribution in [2.24, 2.45) is 11.1 Å². The average molecular weight is 233 g/mol. The minimum atomic E-state index is -0.303.